The number of hydrogen-bond acceptors (Lipinski definition) is 6. The maximum Gasteiger partial charge on any atom is 0.296 e. The van der Waals surface area contributed by atoms with Crippen molar-refractivity contribution in [1.29, 1.82) is 0 Å². The SMILES string of the molecule is CCCOc1cccc(C(O)=C2C(=O)C(=O)N(Cc3ccco3)C2c2cccc(Oc3ccccc3)c2)c1. The molecule has 1 aromatic heterocycles. The molecule has 1 fully saturated rings. The fourth-order valence-electron chi connectivity index (χ4n) is 4.44. The first-order valence-electron chi connectivity index (χ1n) is 12.4. The van der Waals surface area contributed by atoms with Gasteiger partial charge in [0, 0.05) is 5.56 Å². The van der Waals surface area contributed by atoms with Gasteiger partial charge < -0.3 is 23.9 Å². The molecule has 0 aliphatic carbocycles. The number of amides is 1. The third kappa shape index (κ3) is 5.18. The predicted octanol–water partition coefficient (Wildman–Crippen LogP) is 6.48. The monoisotopic (exact) mass is 509 g/mol. The van der Waals surface area contributed by atoms with Crippen LogP contribution in [0.3, 0.4) is 0 Å². The highest BCUT2D eigenvalue weighted by Crippen LogP contribution is 2.41. The number of ketones is 1. The van der Waals surface area contributed by atoms with Gasteiger partial charge in [-0.3, -0.25) is 9.59 Å². The predicted molar refractivity (Wildman–Crippen MR) is 142 cm³/mol. The normalized spacial score (nSPS) is 16.6. The van der Waals surface area contributed by atoms with Crippen LogP contribution in [0.1, 0.15) is 36.3 Å². The standard InChI is InChI=1S/C31H27NO6/c1-2-16-36-24-13-7-10-22(19-24)29(33)27-28(32(31(35)30(27)34)20-26-15-8-17-37-26)21-9-6-14-25(18-21)38-23-11-4-3-5-12-23/h3-15,17-19,28,33H,2,16,20H2,1H3. The molecule has 0 spiro atoms. The van der Waals surface area contributed by atoms with Gasteiger partial charge in [0.15, 0.2) is 0 Å². The molecule has 7 heteroatoms. The van der Waals surface area contributed by atoms with E-state index in [1.54, 1.807) is 60.7 Å². The minimum atomic E-state index is -0.861. The van der Waals surface area contributed by atoms with E-state index in [1.165, 1.54) is 11.2 Å². The van der Waals surface area contributed by atoms with E-state index in [-0.39, 0.29) is 17.9 Å². The second-order valence-corrected chi connectivity index (χ2v) is 8.87. The van der Waals surface area contributed by atoms with Crippen molar-refractivity contribution in [2.24, 2.45) is 0 Å². The van der Waals surface area contributed by atoms with Crippen molar-refractivity contribution in [3.05, 3.63) is 120 Å². The summed E-state index contributed by atoms with van der Waals surface area (Å²) in [5.74, 6) is 0.505. The van der Waals surface area contributed by atoms with Crippen molar-refractivity contribution in [2.45, 2.75) is 25.9 Å². The number of nitrogens with zero attached hydrogens (tertiary/aromatic N) is 1. The Labute approximate surface area is 220 Å². The Balaban J connectivity index is 1.59. The van der Waals surface area contributed by atoms with E-state index in [9.17, 15) is 14.7 Å². The molecule has 1 N–H and O–H groups in total. The van der Waals surface area contributed by atoms with Crippen LogP contribution in [-0.4, -0.2) is 28.3 Å². The molecule has 7 nitrogen and oxygen atoms in total. The topological polar surface area (TPSA) is 89.2 Å². The number of likely N-dealkylation sites (tertiary alicyclic amines) is 1. The summed E-state index contributed by atoms with van der Waals surface area (Å²) in [6.07, 6.45) is 2.34. The Morgan fingerprint density at radius 2 is 1.66 bits per heavy atom. The Bertz CT molecular complexity index is 1460. The van der Waals surface area contributed by atoms with E-state index in [4.69, 9.17) is 13.9 Å². The molecule has 1 unspecified atom stereocenters. The van der Waals surface area contributed by atoms with E-state index < -0.39 is 17.7 Å². The number of para-hydroxylation sites is 1. The molecule has 4 aromatic rings. The molecule has 0 bridgehead atoms. The maximum absolute atomic E-state index is 13.4. The first kappa shape index (κ1) is 24.9. The number of carbonyl (C=O) groups excluding carboxylic acids is 2. The quantitative estimate of drug-likeness (QED) is 0.158. The molecule has 1 saturated heterocycles. The smallest absolute Gasteiger partial charge is 0.296 e. The fourth-order valence-corrected chi connectivity index (χ4v) is 4.44. The Morgan fingerprint density at radius 3 is 2.42 bits per heavy atom. The molecule has 1 amide bonds. The third-order valence-electron chi connectivity index (χ3n) is 6.18. The zero-order valence-electron chi connectivity index (χ0n) is 20.9. The number of hydrogen-bond donors (Lipinski definition) is 1. The maximum atomic E-state index is 13.4. The van der Waals surface area contributed by atoms with Crippen LogP contribution < -0.4 is 9.47 Å². The summed E-state index contributed by atoms with van der Waals surface area (Å²) >= 11 is 0. The van der Waals surface area contributed by atoms with Crippen molar-refractivity contribution < 1.29 is 28.6 Å². The van der Waals surface area contributed by atoms with Gasteiger partial charge in [0.1, 0.15) is 28.8 Å². The lowest BCUT2D eigenvalue weighted by Gasteiger charge is -2.25. The summed E-state index contributed by atoms with van der Waals surface area (Å²) < 4.78 is 17.2. The molecule has 0 saturated carbocycles. The largest absolute Gasteiger partial charge is 0.507 e. The van der Waals surface area contributed by atoms with Crippen LogP contribution in [0.5, 0.6) is 17.2 Å². The lowest BCUT2D eigenvalue weighted by Crippen LogP contribution is -2.29. The van der Waals surface area contributed by atoms with Gasteiger partial charge in [-0.25, -0.2) is 0 Å². The van der Waals surface area contributed by atoms with Crippen molar-refractivity contribution in [2.75, 3.05) is 6.61 Å². The van der Waals surface area contributed by atoms with Crippen molar-refractivity contribution in [3.8, 4) is 17.2 Å². The number of benzene rings is 3. The number of carbonyl (C=O) groups is 2. The van der Waals surface area contributed by atoms with Gasteiger partial charge >= 0.3 is 0 Å². The van der Waals surface area contributed by atoms with Crippen molar-refractivity contribution in [1.82, 2.24) is 4.90 Å². The minimum Gasteiger partial charge on any atom is -0.507 e. The van der Waals surface area contributed by atoms with Crippen LogP contribution in [0.25, 0.3) is 5.76 Å². The summed E-state index contributed by atoms with van der Waals surface area (Å²) in [6.45, 7) is 2.58. The van der Waals surface area contributed by atoms with Gasteiger partial charge in [0.2, 0.25) is 0 Å². The molecular formula is C31H27NO6. The van der Waals surface area contributed by atoms with Gasteiger partial charge in [-0.2, -0.15) is 0 Å². The number of rotatable bonds is 9. The average Bonchev–Trinajstić information content (AvgIpc) is 3.55. The molecule has 1 atom stereocenters. The number of aliphatic hydroxyl groups is 1. The van der Waals surface area contributed by atoms with Crippen molar-refractivity contribution in [3.63, 3.8) is 0 Å². The summed E-state index contributed by atoms with van der Waals surface area (Å²) in [6, 6.07) is 25.9. The molecule has 1 aliphatic rings. The van der Waals surface area contributed by atoms with Crippen LogP contribution in [-0.2, 0) is 16.1 Å². The van der Waals surface area contributed by atoms with Crippen LogP contribution in [0.2, 0.25) is 0 Å². The van der Waals surface area contributed by atoms with Gasteiger partial charge in [-0.1, -0.05) is 49.4 Å². The molecule has 5 rings (SSSR count). The second-order valence-electron chi connectivity index (χ2n) is 8.87. The highest BCUT2D eigenvalue weighted by Gasteiger charge is 2.46. The Hall–Kier alpha value is -4.78. The number of ether oxygens (including phenoxy) is 2. The first-order valence-corrected chi connectivity index (χ1v) is 12.4. The fraction of sp³-hybridized carbons (Fsp3) is 0.161. The number of furan rings is 1. The summed E-state index contributed by atoms with van der Waals surface area (Å²) in [5, 5.41) is 11.4. The van der Waals surface area contributed by atoms with Crippen LogP contribution in [0.15, 0.2) is 107 Å². The highest BCUT2D eigenvalue weighted by atomic mass is 16.5. The summed E-state index contributed by atoms with van der Waals surface area (Å²) in [4.78, 5) is 28.1. The van der Waals surface area contributed by atoms with E-state index in [0.29, 0.717) is 40.7 Å². The Morgan fingerprint density at radius 1 is 0.895 bits per heavy atom. The highest BCUT2D eigenvalue weighted by molar-refractivity contribution is 6.46. The van der Waals surface area contributed by atoms with Crippen molar-refractivity contribution >= 4 is 17.4 Å². The third-order valence-corrected chi connectivity index (χ3v) is 6.18. The zero-order chi connectivity index (χ0) is 26.5. The first-order chi connectivity index (χ1) is 18.5. The van der Waals surface area contributed by atoms with Crippen LogP contribution in [0, 0.1) is 0 Å². The molecule has 38 heavy (non-hydrogen) atoms. The Kier molecular flexibility index (Phi) is 7.26. The molecule has 192 valence electrons. The van der Waals surface area contributed by atoms with Gasteiger partial charge in [-0.15, -0.1) is 0 Å². The van der Waals surface area contributed by atoms with E-state index in [2.05, 4.69) is 0 Å². The molecule has 3 aromatic carbocycles. The van der Waals surface area contributed by atoms with Crippen LogP contribution in [0.4, 0.5) is 0 Å². The molecule has 2 heterocycles. The zero-order valence-corrected chi connectivity index (χ0v) is 20.9. The summed E-state index contributed by atoms with van der Waals surface area (Å²) in [5.41, 5.74) is 0.992. The van der Waals surface area contributed by atoms with Gasteiger partial charge in [0.05, 0.1) is 31.0 Å². The van der Waals surface area contributed by atoms with E-state index in [0.717, 1.165) is 6.42 Å². The van der Waals surface area contributed by atoms with Gasteiger partial charge in [0.25, 0.3) is 11.7 Å². The number of aliphatic hydroxyl groups excluding tert-OH is 1. The molecular weight excluding hydrogens is 482 g/mol. The second kappa shape index (κ2) is 11.1. The molecule has 1 aliphatic heterocycles. The van der Waals surface area contributed by atoms with Crippen LogP contribution >= 0.6 is 0 Å². The number of Topliss-reactive ketones (excluding diaryl/α,β-unsaturated/α-hetero) is 1. The average molecular weight is 510 g/mol. The van der Waals surface area contributed by atoms with E-state index in [1.807, 2.05) is 37.3 Å². The lowest BCUT2D eigenvalue weighted by atomic mass is 9.95. The van der Waals surface area contributed by atoms with Gasteiger partial charge in [-0.05, 0) is 60.5 Å². The lowest BCUT2D eigenvalue weighted by molar-refractivity contribution is -0.140. The van der Waals surface area contributed by atoms with E-state index >= 15 is 0 Å². The summed E-state index contributed by atoms with van der Waals surface area (Å²) in [7, 11) is 0. The molecule has 0 radical (unpaired) electrons. The minimum absolute atomic E-state index is 0.00828.